The number of halogens is 1. The third-order valence-electron chi connectivity index (χ3n) is 4.68. The Morgan fingerprint density at radius 2 is 2.00 bits per heavy atom. The maximum atomic E-state index is 13.1. The van der Waals surface area contributed by atoms with Crippen LogP contribution in [-0.2, 0) is 19.7 Å². The van der Waals surface area contributed by atoms with Gasteiger partial charge >= 0.3 is 0 Å². The Balaban J connectivity index is 1.42. The molecular formula is C21H21FN4O. The maximum absolute atomic E-state index is 13.1. The Hall–Kier alpha value is -3.15. The quantitative estimate of drug-likeness (QED) is 0.691. The summed E-state index contributed by atoms with van der Waals surface area (Å²) in [5.74, 6) is 0.378. The molecule has 6 heteroatoms. The molecule has 0 saturated carbocycles. The third kappa shape index (κ3) is 3.84. The second-order valence-corrected chi connectivity index (χ2v) is 6.67. The van der Waals surface area contributed by atoms with Gasteiger partial charge in [-0.1, -0.05) is 18.7 Å². The van der Waals surface area contributed by atoms with E-state index in [1.165, 1.54) is 12.1 Å². The Labute approximate surface area is 157 Å². The molecule has 0 aliphatic carbocycles. The van der Waals surface area contributed by atoms with Gasteiger partial charge in [-0.2, -0.15) is 0 Å². The fourth-order valence-corrected chi connectivity index (χ4v) is 3.22. The average Bonchev–Trinajstić information content (AvgIpc) is 3.08. The normalized spacial score (nSPS) is 13.3. The van der Waals surface area contributed by atoms with E-state index in [0.717, 1.165) is 41.3 Å². The monoisotopic (exact) mass is 364 g/mol. The average molecular weight is 364 g/mol. The van der Waals surface area contributed by atoms with Crippen molar-refractivity contribution in [3.63, 3.8) is 0 Å². The summed E-state index contributed by atoms with van der Waals surface area (Å²) in [7, 11) is 0. The Morgan fingerprint density at radius 1 is 1.19 bits per heavy atom. The van der Waals surface area contributed by atoms with Crippen LogP contribution in [0.5, 0.6) is 5.88 Å². The predicted molar refractivity (Wildman–Crippen MR) is 101 cm³/mol. The largest absolute Gasteiger partial charge is 0.472 e. The molecule has 0 spiro atoms. The fourth-order valence-electron chi connectivity index (χ4n) is 3.22. The summed E-state index contributed by atoms with van der Waals surface area (Å²) in [6.07, 6.45) is 1.78. The van der Waals surface area contributed by atoms with Crippen molar-refractivity contribution < 1.29 is 9.13 Å². The molecule has 3 aromatic rings. The molecule has 4 rings (SSSR count). The first kappa shape index (κ1) is 17.3. The summed E-state index contributed by atoms with van der Waals surface area (Å²) in [6.45, 7) is 8.85. The first-order chi connectivity index (χ1) is 13.1. The zero-order valence-corrected chi connectivity index (χ0v) is 15.2. The van der Waals surface area contributed by atoms with Crippen LogP contribution in [0.4, 0.5) is 4.39 Å². The van der Waals surface area contributed by atoms with Crippen LogP contribution in [-0.4, -0.2) is 26.2 Å². The van der Waals surface area contributed by atoms with E-state index < -0.39 is 0 Å². The van der Waals surface area contributed by atoms with Gasteiger partial charge in [-0.05, 0) is 42.3 Å². The van der Waals surface area contributed by atoms with Crippen LogP contribution >= 0.6 is 0 Å². The maximum Gasteiger partial charge on any atom is 0.233 e. The molecule has 0 radical (unpaired) electrons. The van der Waals surface area contributed by atoms with E-state index in [9.17, 15) is 4.39 Å². The number of aryl methyl sites for hydroxylation is 1. The lowest BCUT2D eigenvalue weighted by Crippen LogP contribution is -2.32. The number of rotatable bonds is 5. The SMILES string of the molecule is C=C(c1ccc(F)cc1)N1CCn2nc(OCc3ccnc(C)c3)cc2C1. The molecule has 0 amide bonds. The standard InChI is InChI=1S/C21H21FN4O/c1-15-11-17(7-8-23-15)14-27-21-12-20-13-25(9-10-26(20)24-21)16(2)18-3-5-19(22)6-4-18/h3-8,11-12H,2,9-10,13-14H2,1H3. The van der Waals surface area contributed by atoms with Crippen LogP contribution in [0.3, 0.4) is 0 Å². The molecule has 3 heterocycles. The molecule has 0 bridgehead atoms. The number of hydrogen-bond donors (Lipinski definition) is 0. The molecular weight excluding hydrogens is 343 g/mol. The highest BCUT2D eigenvalue weighted by Gasteiger charge is 2.20. The van der Waals surface area contributed by atoms with Gasteiger partial charge in [0.1, 0.15) is 12.4 Å². The van der Waals surface area contributed by atoms with E-state index in [4.69, 9.17) is 4.74 Å². The van der Waals surface area contributed by atoms with Gasteiger partial charge in [-0.15, -0.1) is 5.10 Å². The molecule has 1 aromatic carbocycles. The van der Waals surface area contributed by atoms with Crippen LogP contribution < -0.4 is 4.74 Å². The van der Waals surface area contributed by atoms with Gasteiger partial charge in [0.15, 0.2) is 0 Å². The van der Waals surface area contributed by atoms with Gasteiger partial charge < -0.3 is 9.64 Å². The topological polar surface area (TPSA) is 43.2 Å². The fraction of sp³-hybridized carbons (Fsp3) is 0.238. The summed E-state index contributed by atoms with van der Waals surface area (Å²) in [6, 6.07) is 12.4. The number of nitrogens with zero attached hydrogens (tertiary/aromatic N) is 4. The van der Waals surface area contributed by atoms with Crippen molar-refractivity contribution in [1.82, 2.24) is 19.7 Å². The zero-order chi connectivity index (χ0) is 18.8. The molecule has 1 aliphatic rings. The van der Waals surface area contributed by atoms with Crippen molar-refractivity contribution >= 4 is 5.70 Å². The summed E-state index contributed by atoms with van der Waals surface area (Å²) in [5.41, 5.74) is 4.92. The number of hydrogen-bond acceptors (Lipinski definition) is 4. The van der Waals surface area contributed by atoms with E-state index in [1.54, 1.807) is 18.3 Å². The van der Waals surface area contributed by atoms with Crippen molar-refractivity contribution in [2.75, 3.05) is 6.54 Å². The minimum absolute atomic E-state index is 0.241. The molecule has 0 saturated heterocycles. The van der Waals surface area contributed by atoms with E-state index >= 15 is 0 Å². The van der Waals surface area contributed by atoms with Crippen molar-refractivity contribution in [2.45, 2.75) is 26.6 Å². The van der Waals surface area contributed by atoms with Gasteiger partial charge in [0.05, 0.1) is 18.8 Å². The molecule has 0 N–H and O–H groups in total. The summed E-state index contributed by atoms with van der Waals surface area (Å²) in [5, 5.41) is 4.54. The van der Waals surface area contributed by atoms with E-state index in [2.05, 4.69) is 21.6 Å². The van der Waals surface area contributed by atoms with Crippen LogP contribution in [0, 0.1) is 12.7 Å². The number of fused-ring (bicyclic) bond motifs is 1. The number of ether oxygens (including phenoxy) is 1. The smallest absolute Gasteiger partial charge is 0.233 e. The van der Waals surface area contributed by atoms with Crippen molar-refractivity contribution in [2.24, 2.45) is 0 Å². The lowest BCUT2D eigenvalue weighted by molar-refractivity contribution is 0.279. The zero-order valence-electron chi connectivity index (χ0n) is 15.2. The van der Waals surface area contributed by atoms with Crippen molar-refractivity contribution in [3.05, 3.63) is 83.6 Å². The van der Waals surface area contributed by atoms with Gasteiger partial charge in [-0.25, -0.2) is 4.39 Å². The molecule has 1 aliphatic heterocycles. The van der Waals surface area contributed by atoms with Crippen LogP contribution in [0.1, 0.15) is 22.5 Å². The Kier molecular flexibility index (Phi) is 4.62. The van der Waals surface area contributed by atoms with Gasteiger partial charge in [-0.3, -0.25) is 9.67 Å². The highest BCUT2D eigenvalue weighted by molar-refractivity contribution is 5.61. The first-order valence-corrected chi connectivity index (χ1v) is 8.89. The number of aromatic nitrogens is 3. The second-order valence-electron chi connectivity index (χ2n) is 6.67. The minimum atomic E-state index is -0.241. The summed E-state index contributed by atoms with van der Waals surface area (Å²) < 4.78 is 21.0. The van der Waals surface area contributed by atoms with Crippen LogP contribution in [0.2, 0.25) is 0 Å². The minimum Gasteiger partial charge on any atom is -0.472 e. The lowest BCUT2D eigenvalue weighted by Gasteiger charge is -2.31. The molecule has 0 fully saturated rings. The van der Waals surface area contributed by atoms with E-state index in [0.29, 0.717) is 19.0 Å². The van der Waals surface area contributed by atoms with Crippen LogP contribution in [0.15, 0.2) is 55.2 Å². The van der Waals surface area contributed by atoms with Gasteiger partial charge in [0.2, 0.25) is 5.88 Å². The number of pyridine rings is 1. The van der Waals surface area contributed by atoms with Crippen molar-refractivity contribution in [3.8, 4) is 5.88 Å². The Morgan fingerprint density at radius 3 is 2.78 bits per heavy atom. The second kappa shape index (κ2) is 7.23. The van der Waals surface area contributed by atoms with E-state index in [1.807, 2.05) is 29.8 Å². The first-order valence-electron chi connectivity index (χ1n) is 8.89. The molecule has 2 aromatic heterocycles. The molecule has 5 nitrogen and oxygen atoms in total. The van der Waals surface area contributed by atoms with E-state index in [-0.39, 0.29) is 5.82 Å². The summed E-state index contributed by atoms with van der Waals surface area (Å²) >= 11 is 0. The Bertz CT molecular complexity index is 965. The lowest BCUT2D eigenvalue weighted by atomic mass is 10.1. The van der Waals surface area contributed by atoms with Crippen molar-refractivity contribution in [1.29, 1.82) is 0 Å². The van der Waals surface area contributed by atoms with Gasteiger partial charge in [0, 0.05) is 30.2 Å². The van der Waals surface area contributed by atoms with Gasteiger partial charge in [0.25, 0.3) is 0 Å². The third-order valence-corrected chi connectivity index (χ3v) is 4.68. The molecule has 27 heavy (non-hydrogen) atoms. The highest BCUT2D eigenvalue weighted by atomic mass is 19.1. The number of benzene rings is 1. The molecule has 0 unspecified atom stereocenters. The molecule has 138 valence electrons. The van der Waals surface area contributed by atoms with Crippen LogP contribution in [0.25, 0.3) is 5.70 Å². The summed E-state index contributed by atoms with van der Waals surface area (Å²) in [4.78, 5) is 6.37. The molecule has 0 atom stereocenters. The predicted octanol–water partition coefficient (Wildman–Crippen LogP) is 3.79. The highest BCUT2D eigenvalue weighted by Crippen LogP contribution is 2.25.